The van der Waals surface area contributed by atoms with Gasteiger partial charge < -0.3 is 10.6 Å². The average molecular weight is 253 g/mol. The summed E-state index contributed by atoms with van der Waals surface area (Å²) in [5, 5.41) is 2.65. The average Bonchev–Trinajstić information content (AvgIpc) is 3.02. The molecule has 0 unspecified atom stereocenters. The molecule has 5 heteroatoms. The third-order valence-electron chi connectivity index (χ3n) is 2.76. The molecule has 0 bridgehead atoms. The van der Waals surface area contributed by atoms with Crippen LogP contribution in [0.15, 0.2) is 5.38 Å². The summed E-state index contributed by atoms with van der Waals surface area (Å²) in [4.78, 5) is 18.6. The Balaban J connectivity index is 2.09. The van der Waals surface area contributed by atoms with Gasteiger partial charge in [-0.15, -0.1) is 11.3 Å². The number of carbonyl (C=O) groups excluding carboxylic acids is 1. The fourth-order valence-corrected chi connectivity index (χ4v) is 2.48. The number of amides is 1. The number of aromatic nitrogens is 1. The van der Waals surface area contributed by atoms with Crippen LogP contribution in [-0.4, -0.2) is 28.4 Å². The van der Waals surface area contributed by atoms with Crippen LogP contribution in [-0.2, 0) is 6.54 Å². The van der Waals surface area contributed by atoms with E-state index in [4.69, 9.17) is 5.73 Å². The number of carbonyl (C=O) groups is 1. The Kier molecular flexibility index (Phi) is 3.79. The fraction of sp³-hybridized carbons (Fsp3) is 0.667. The Bertz CT molecular complexity index is 398. The van der Waals surface area contributed by atoms with Gasteiger partial charge >= 0.3 is 0 Å². The first-order chi connectivity index (χ1) is 8.11. The molecule has 1 aromatic heterocycles. The number of nitrogens with zero attached hydrogens (tertiary/aromatic N) is 2. The van der Waals surface area contributed by atoms with Gasteiger partial charge in [-0.25, -0.2) is 4.98 Å². The Morgan fingerprint density at radius 3 is 2.82 bits per heavy atom. The molecule has 1 aliphatic rings. The van der Waals surface area contributed by atoms with Gasteiger partial charge in [0.25, 0.3) is 5.91 Å². The molecular formula is C12H19N3OS. The summed E-state index contributed by atoms with van der Waals surface area (Å²) in [6, 6.07) is 0.438. The van der Waals surface area contributed by atoms with Crippen molar-refractivity contribution in [1.82, 2.24) is 9.88 Å². The molecule has 2 N–H and O–H groups in total. The van der Waals surface area contributed by atoms with Gasteiger partial charge in [-0.2, -0.15) is 0 Å². The molecule has 1 aromatic rings. The van der Waals surface area contributed by atoms with Gasteiger partial charge in [0.1, 0.15) is 10.7 Å². The molecule has 1 saturated carbocycles. The highest BCUT2D eigenvalue weighted by atomic mass is 32.1. The topological polar surface area (TPSA) is 59.2 Å². The molecule has 17 heavy (non-hydrogen) atoms. The molecule has 0 saturated heterocycles. The molecule has 0 aromatic carbocycles. The molecule has 1 fully saturated rings. The highest BCUT2D eigenvalue weighted by Crippen LogP contribution is 2.29. The van der Waals surface area contributed by atoms with E-state index in [0.29, 0.717) is 24.2 Å². The largest absolute Gasteiger partial charge is 0.334 e. The second kappa shape index (κ2) is 5.14. The van der Waals surface area contributed by atoms with Gasteiger partial charge in [0.2, 0.25) is 0 Å². The third-order valence-corrected chi connectivity index (χ3v) is 3.63. The zero-order valence-electron chi connectivity index (χ0n) is 10.3. The van der Waals surface area contributed by atoms with Gasteiger partial charge in [0.15, 0.2) is 0 Å². The van der Waals surface area contributed by atoms with Crippen molar-refractivity contribution >= 4 is 17.2 Å². The number of hydrogen-bond donors (Lipinski definition) is 1. The lowest BCUT2D eigenvalue weighted by molar-refractivity contribution is 0.0717. The van der Waals surface area contributed by atoms with Gasteiger partial charge in [-0.1, -0.05) is 13.8 Å². The Hall–Kier alpha value is -0.940. The van der Waals surface area contributed by atoms with E-state index in [1.807, 2.05) is 10.3 Å². The molecule has 0 atom stereocenters. The lowest BCUT2D eigenvalue weighted by Gasteiger charge is -2.23. The van der Waals surface area contributed by atoms with Gasteiger partial charge in [-0.3, -0.25) is 4.79 Å². The number of thiazole rings is 1. The van der Waals surface area contributed by atoms with E-state index in [2.05, 4.69) is 18.8 Å². The third kappa shape index (κ3) is 3.04. The lowest BCUT2D eigenvalue weighted by Crippen LogP contribution is -2.36. The van der Waals surface area contributed by atoms with Crippen LogP contribution < -0.4 is 5.73 Å². The van der Waals surface area contributed by atoms with E-state index in [9.17, 15) is 4.79 Å². The molecule has 0 aliphatic heterocycles. The van der Waals surface area contributed by atoms with Crippen LogP contribution in [0, 0.1) is 5.92 Å². The molecule has 1 amide bonds. The van der Waals surface area contributed by atoms with Gasteiger partial charge in [-0.05, 0) is 18.8 Å². The first-order valence-electron chi connectivity index (χ1n) is 6.07. The van der Waals surface area contributed by atoms with Crippen LogP contribution in [0.25, 0.3) is 0 Å². The maximum absolute atomic E-state index is 12.3. The normalized spacial score (nSPS) is 15.3. The molecule has 2 rings (SSSR count). The van der Waals surface area contributed by atoms with Gasteiger partial charge in [0, 0.05) is 24.5 Å². The molecule has 1 aliphatic carbocycles. The summed E-state index contributed by atoms with van der Waals surface area (Å²) in [7, 11) is 0. The molecule has 0 radical (unpaired) electrons. The lowest BCUT2D eigenvalue weighted by atomic mass is 10.2. The minimum absolute atomic E-state index is 0.0668. The Morgan fingerprint density at radius 1 is 1.65 bits per heavy atom. The fourth-order valence-electron chi connectivity index (χ4n) is 1.83. The quantitative estimate of drug-likeness (QED) is 0.871. The van der Waals surface area contributed by atoms with E-state index >= 15 is 0 Å². The number of rotatable bonds is 5. The zero-order chi connectivity index (χ0) is 12.4. The number of hydrogen-bond acceptors (Lipinski definition) is 4. The van der Waals surface area contributed by atoms with Crippen LogP contribution in [0.1, 0.15) is 42.2 Å². The summed E-state index contributed by atoms with van der Waals surface area (Å²) < 4.78 is 0. The Morgan fingerprint density at radius 2 is 2.35 bits per heavy atom. The van der Waals surface area contributed by atoms with Crippen molar-refractivity contribution in [1.29, 1.82) is 0 Å². The van der Waals surface area contributed by atoms with E-state index < -0.39 is 0 Å². The van der Waals surface area contributed by atoms with E-state index in [1.54, 1.807) is 0 Å². The summed E-state index contributed by atoms with van der Waals surface area (Å²) in [5.74, 6) is 0.560. The molecule has 4 nitrogen and oxygen atoms in total. The summed E-state index contributed by atoms with van der Waals surface area (Å²) >= 11 is 1.46. The van der Waals surface area contributed by atoms with Crippen molar-refractivity contribution in [2.45, 2.75) is 39.3 Å². The van der Waals surface area contributed by atoms with E-state index in [-0.39, 0.29) is 5.91 Å². The molecule has 1 heterocycles. The maximum atomic E-state index is 12.3. The van der Waals surface area contributed by atoms with Crippen molar-refractivity contribution in [2.24, 2.45) is 11.7 Å². The molecule has 0 spiro atoms. The SMILES string of the molecule is CC(C)CN(C(=O)c1csc(CN)n1)C1CC1. The maximum Gasteiger partial charge on any atom is 0.273 e. The molecule has 94 valence electrons. The second-order valence-corrected chi connectivity index (χ2v) is 5.86. The standard InChI is InChI=1S/C12H19N3OS/c1-8(2)6-15(9-3-4-9)12(16)10-7-17-11(5-13)14-10/h7-9H,3-6,13H2,1-2H3. The van der Waals surface area contributed by atoms with Crippen molar-refractivity contribution < 1.29 is 4.79 Å². The van der Waals surface area contributed by atoms with Crippen molar-refractivity contribution in [3.05, 3.63) is 16.1 Å². The van der Waals surface area contributed by atoms with Gasteiger partial charge in [0.05, 0.1) is 0 Å². The number of nitrogens with two attached hydrogens (primary N) is 1. The molecular weight excluding hydrogens is 234 g/mol. The monoisotopic (exact) mass is 253 g/mol. The zero-order valence-corrected chi connectivity index (χ0v) is 11.2. The van der Waals surface area contributed by atoms with Crippen LogP contribution in [0.4, 0.5) is 0 Å². The van der Waals surface area contributed by atoms with Crippen LogP contribution in [0.3, 0.4) is 0 Å². The van der Waals surface area contributed by atoms with Crippen molar-refractivity contribution in [3.63, 3.8) is 0 Å². The van der Waals surface area contributed by atoms with E-state index in [1.165, 1.54) is 11.3 Å². The summed E-state index contributed by atoms with van der Waals surface area (Å²) in [5.41, 5.74) is 6.07. The summed E-state index contributed by atoms with van der Waals surface area (Å²) in [6.45, 7) is 5.49. The highest BCUT2D eigenvalue weighted by molar-refractivity contribution is 7.09. The first kappa shape index (κ1) is 12.5. The predicted octanol–water partition coefficient (Wildman–Crippen LogP) is 1.86. The summed E-state index contributed by atoms with van der Waals surface area (Å²) in [6.07, 6.45) is 2.26. The predicted molar refractivity (Wildman–Crippen MR) is 68.9 cm³/mol. The van der Waals surface area contributed by atoms with Crippen LogP contribution in [0.5, 0.6) is 0 Å². The Labute approximate surface area is 106 Å². The highest BCUT2D eigenvalue weighted by Gasteiger charge is 2.34. The van der Waals surface area contributed by atoms with Crippen molar-refractivity contribution in [3.8, 4) is 0 Å². The van der Waals surface area contributed by atoms with Crippen LogP contribution >= 0.6 is 11.3 Å². The second-order valence-electron chi connectivity index (χ2n) is 4.91. The van der Waals surface area contributed by atoms with E-state index in [0.717, 1.165) is 24.4 Å². The smallest absolute Gasteiger partial charge is 0.273 e. The first-order valence-corrected chi connectivity index (χ1v) is 6.95. The van der Waals surface area contributed by atoms with Crippen molar-refractivity contribution in [2.75, 3.05) is 6.54 Å². The minimum atomic E-state index is 0.0668. The van der Waals surface area contributed by atoms with Crippen LogP contribution in [0.2, 0.25) is 0 Å². The minimum Gasteiger partial charge on any atom is -0.334 e.